The molecule has 0 saturated heterocycles. The molecule has 3 aromatic carbocycles. The van der Waals surface area contributed by atoms with E-state index in [4.69, 9.17) is 0 Å². The summed E-state index contributed by atoms with van der Waals surface area (Å²) in [5.74, 6) is 0. The van der Waals surface area contributed by atoms with E-state index in [1.807, 2.05) is 30.3 Å². The van der Waals surface area contributed by atoms with Gasteiger partial charge in [-0.3, -0.25) is 0 Å². The Morgan fingerprint density at radius 1 is 0.771 bits per heavy atom. The van der Waals surface area contributed by atoms with E-state index in [1.165, 1.54) is 59.5 Å². The molecule has 5 heteroatoms. The molecule has 3 aromatic rings. The summed E-state index contributed by atoms with van der Waals surface area (Å²) < 4.78 is 1.80. The Kier molecular flexibility index (Phi) is 13.5. The molecular weight excluding hydrogens is 579 g/mol. The van der Waals surface area contributed by atoms with Crippen molar-refractivity contribution in [3.05, 3.63) is 77.9 Å². The monoisotopic (exact) mass is 616 g/mol. The Labute approximate surface area is 243 Å². The molecule has 0 atom stereocenters. The van der Waals surface area contributed by atoms with Gasteiger partial charge in [0.2, 0.25) is 0 Å². The molecule has 1 fully saturated rings. The van der Waals surface area contributed by atoms with Crippen LogP contribution in [0.5, 0.6) is 0 Å². The van der Waals surface area contributed by atoms with Crippen molar-refractivity contribution in [2.24, 2.45) is 0 Å². The fourth-order valence-electron chi connectivity index (χ4n) is 4.33. The maximum absolute atomic E-state index is 3.74. The van der Waals surface area contributed by atoms with Crippen LogP contribution in [-0.4, -0.2) is 19.4 Å². The van der Waals surface area contributed by atoms with Gasteiger partial charge in [0, 0.05) is 0 Å². The molecule has 0 unspecified atom stereocenters. The third kappa shape index (κ3) is 9.75. The van der Waals surface area contributed by atoms with Gasteiger partial charge in [0.15, 0.2) is 0 Å². The first-order chi connectivity index (χ1) is 15.6. The van der Waals surface area contributed by atoms with Crippen LogP contribution in [0.2, 0.25) is 39.3 Å². The Morgan fingerprint density at radius 2 is 1.37 bits per heavy atom. The first-order valence-electron chi connectivity index (χ1n) is 12.5. The van der Waals surface area contributed by atoms with Crippen LogP contribution in [-0.2, 0) is 30.7 Å². The molecule has 0 N–H and O–H groups in total. The standard InChI is InChI=1S/C19H25Si2.C6H10.C5H5.2ClH.Zr/c1-20(2,3)16-7-9-18-14(12-16)11-15-13-17(21(4,5)6)8-10-19(15)18;1-2-4-6-5-3-1;1-2-4-5-3-1;;;/h7-10,12H,11H2,1-6H3;1-5H2;1-5H;2*1H;/q-1;;-1;;;+2/p-2. The van der Waals surface area contributed by atoms with Crippen molar-refractivity contribution in [3.8, 4) is 11.1 Å². The smallest absolute Gasteiger partial charge is 0.172 e. The molecule has 0 amide bonds. The molecule has 5 rings (SSSR count). The van der Waals surface area contributed by atoms with Crippen molar-refractivity contribution in [1.29, 1.82) is 0 Å². The number of hydrogen-bond donors (Lipinski definition) is 0. The number of fused-ring (bicyclic) bond motifs is 3. The van der Waals surface area contributed by atoms with Crippen molar-refractivity contribution >= 4 is 29.7 Å². The van der Waals surface area contributed by atoms with E-state index in [9.17, 15) is 0 Å². The Hall–Kier alpha value is -0.443. The average Bonchev–Trinajstić information content (AvgIpc) is 3.44. The van der Waals surface area contributed by atoms with E-state index in [0.29, 0.717) is 0 Å². The van der Waals surface area contributed by atoms with Gasteiger partial charge < -0.3 is 24.8 Å². The average molecular weight is 619 g/mol. The van der Waals surface area contributed by atoms with Crippen LogP contribution in [0, 0.1) is 6.07 Å². The van der Waals surface area contributed by atoms with E-state index in [0.717, 1.165) is 6.42 Å². The number of hydrogen-bond acceptors (Lipinski definition) is 0. The predicted octanol–water partition coefficient (Wildman–Crippen LogP) is 1.23. The van der Waals surface area contributed by atoms with Crippen LogP contribution >= 0.6 is 0 Å². The van der Waals surface area contributed by atoms with Crippen LogP contribution in [0.1, 0.15) is 43.2 Å². The van der Waals surface area contributed by atoms with Crippen molar-refractivity contribution in [2.45, 2.75) is 77.8 Å². The summed E-state index contributed by atoms with van der Waals surface area (Å²) >= 11 is 1.69. The summed E-state index contributed by atoms with van der Waals surface area (Å²) in [4.78, 5) is 0. The zero-order valence-electron chi connectivity index (χ0n) is 22.3. The maximum Gasteiger partial charge on any atom is -0.172 e. The molecule has 0 heterocycles. The first kappa shape index (κ1) is 32.6. The molecule has 1 saturated carbocycles. The Morgan fingerprint density at radius 3 is 1.83 bits per heavy atom. The molecule has 0 spiro atoms. The largest absolute Gasteiger partial charge is 0.214 e. The second kappa shape index (κ2) is 14.5. The van der Waals surface area contributed by atoms with Gasteiger partial charge in [-0.15, -0.1) is 5.56 Å². The van der Waals surface area contributed by atoms with Gasteiger partial charge in [-0.05, 0) is 6.42 Å². The van der Waals surface area contributed by atoms with Gasteiger partial charge in [-0.25, -0.2) is 12.1 Å². The number of rotatable bonds is 2. The van der Waals surface area contributed by atoms with Gasteiger partial charge in [0.25, 0.3) is 0 Å². The fourth-order valence-corrected chi connectivity index (χ4v) is 7.50. The van der Waals surface area contributed by atoms with Crippen LogP contribution in [0.3, 0.4) is 0 Å². The molecule has 0 aliphatic heterocycles. The van der Waals surface area contributed by atoms with Crippen molar-refractivity contribution < 1.29 is 49.0 Å². The van der Waals surface area contributed by atoms with Crippen molar-refractivity contribution in [3.63, 3.8) is 0 Å². The summed E-state index contributed by atoms with van der Waals surface area (Å²) in [5, 5.41) is 3.03. The summed E-state index contributed by atoms with van der Waals surface area (Å²) in [6.45, 7) is 14.5. The van der Waals surface area contributed by atoms with E-state index < -0.39 is 16.1 Å². The summed E-state index contributed by atoms with van der Waals surface area (Å²) in [7, 11) is -2.49. The van der Waals surface area contributed by atoms with Crippen molar-refractivity contribution in [1.82, 2.24) is 0 Å². The number of halogens is 2. The summed E-state index contributed by atoms with van der Waals surface area (Å²) in [5.41, 5.74) is 5.77. The predicted molar refractivity (Wildman–Crippen MR) is 150 cm³/mol. The Bertz CT molecular complexity index is 974. The van der Waals surface area contributed by atoms with E-state index in [1.54, 1.807) is 32.6 Å². The SMILES string of the molecule is C[Si](C)(C)c1[c-]c2c(cc1)-c1ccc([Si](C)(C)C)cc1C2.[Cl-].[Cl-].[Zr+2]=[C]1CCCCC1.c1cc[cH-]c1. The molecule has 0 nitrogen and oxygen atoms in total. The van der Waals surface area contributed by atoms with Gasteiger partial charge in [0.1, 0.15) is 0 Å². The van der Waals surface area contributed by atoms with E-state index in [2.05, 4.69) is 75.7 Å². The second-order valence-electron chi connectivity index (χ2n) is 11.4. The van der Waals surface area contributed by atoms with Crippen molar-refractivity contribution in [2.75, 3.05) is 0 Å². The van der Waals surface area contributed by atoms with Gasteiger partial charge in [0.05, 0.1) is 16.1 Å². The van der Waals surface area contributed by atoms with E-state index >= 15 is 0 Å². The molecule has 35 heavy (non-hydrogen) atoms. The molecule has 0 radical (unpaired) electrons. The molecule has 0 aromatic heterocycles. The zero-order chi connectivity index (χ0) is 24.1. The normalized spacial score (nSPS) is 14.1. The minimum atomic E-state index is -1.27. The van der Waals surface area contributed by atoms with Crippen LogP contribution in [0.15, 0.2) is 60.7 Å². The minimum absolute atomic E-state index is 0. The molecular formula is C30H40Cl2Si2Zr-2. The van der Waals surface area contributed by atoms with Gasteiger partial charge in [-0.1, -0.05) is 73.8 Å². The van der Waals surface area contributed by atoms with E-state index in [-0.39, 0.29) is 24.8 Å². The van der Waals surface area contributed by atoms with Crippen LogP contribution in [0.4, 0.5) is 0 Å². The Balaban J connectivity index is 0.000000360. The van der Waals surface area contributed by atoms with Gasteiger partial charge in [-0.2, -0.15) is 47.1 Å². The number of benzene rings is 2. The van der Waals surface area contributed by atoms with Crippen LogP contribution < -0.4 is 35.2 Å². The minimum Gasteiger partial charge on any atom is -0.214 e. The molecule has 188 valence electrons. The summed E-state index contributed by atoms with van der Waals surface area (Å²) in [6, 6.07) is 25.5. The van der Waals surface area contributed by atoms with Gasteiger partial charge >= 0.3 is 59.5 Å². The summed E-state index contributed by atoms with van der Waals surface area (Å²) in [6.07, 6.45) is 8.39. The first-order valence-corrected chi connectivity index (χ1v) is 20.7. The second-order valence-corrected chi connectivity index (χ2v) is 23.3. The topological polar surface area (TPSA) is 0 Å². The maximum atomic E-state index is 3.74. The quantitative estimate of drug-likeness (QED) is 0.234. The molecule has 2 aliphatic carbocycles. The fraction of sp³-hybridized carbons (Fsp3) is 0.400. The third-order valence-corrected chi connectivity index (χ3v) is 11.7. The molecule has 2 aliphatic rings. The van der Waals surface area contributed by atoms with Crippen LogP contribution in [0.25, 0.3) is 11.1 Å². The zero-order valence-corrected chi connectivity index (χ0v) is 28.2. The molecule has 0 bridgehead atoms. The third-order valence-electron chi connectivity index (χ3n) is 6.48.